The van der Waals surface area contributed by atoms with Crippen LogP contribution < -0.4 is 5.43 Å². The SMILES string of the molecule is O=c1c2ccc3ccccc3c2oc2cc(Cc3ccccc3)cc(O)c12. The van der Waals surface area contributed by atoms with Crippen molar-refractivity contribution < 1.29 is 9.52 Å². The number of hydrogen-bond acceptors (Lipinski definition) is 3. The van der Waals surface area contributed by atoms with Crippen LogP contribution in [0.25, 0.3) is 32.7 Å². The minimum Gasteiger partial charge on any atom is -0.507 e. The Kier molecular flexibility index (Phi) is 3.47. The van der Waals surface area contributed by atoms with Crippen molar-refractivity contribution in [2.45, 2.75) is 6.42 Å². The zero-order chi connectivity index (χ0) is 18.4. The third kappa shape index (κ3) is 2.56. The number of phenolic OH excluding ortho intramolecular Hbond substituents is 1. The molecule has 0 aliphatic rings. The lowest BCUT2D eigenvalue weighted by Crippen LogP contribution is -2.03. The predicted molar refractivity (Wildman–Crippen MR) is 108 cm³/mol. The van der Waals surface area contributed by atoms with Gasteiger partial charge in [0, 0.05) is 5.39 Å². The zero-order valence-corrected chi connectivity index (χ0v) is 14.5. The van der Waals surface area contributed by atoms with E-state index in [1.165, 1.54) is 0 Å². The molecule has 0 bridgehead atoms. The zero-order valence-electron chi connectivity index (χ0n) is 14.5. The Bertz CT molecular complexity index is 1370. The summed E-state index contributed by atoms with van der Waals surface area (Å²) in [4.78, 5) is 13.0. The van der Waals surface area contributed by atoms with Crippen molar-refractivity contribution in [1.82, 2.24) is 0 Å². The first kappa shape index (κ1) is 15.6. The lowest BCUT2D eigenvalue weighted by atomic mass is 10.0. The van der Waals surface area contributed by atoms with Crippen LogP contribution in [0.2, 0.25) is 0 Å². The van der Waals surface area contributed by atoms with Gasteiger partial charge in [0.15, 0.2) is 0 Å². The second-order valence-electron chi connectivity index (χ2n) is 6.75. The van der Waals surface area contributed by atoms with E-state index in [2.05, 4.69) is 0 Å². The summed E-state index contributed by atoms with van der Waals surface area (Å²) in [5.41, 5.74) is 2.79. The highest BCUT2D eigenvalue weighted by atomic mass is 16.3. The number of phenols is 1. The molecule has 130 valence electrons. The second-order valence-corrected chi connectivity index (χ2v) is 6.75. The molecule has 0 unspecified atom stereocenters. The second kappa shape index (κ2) is 5.99. The molecule has 0 saturated carbocycles. The minimum absolute atomic E-state index is 0.0396. The van der Waals surface area contributed by atoms with Crippen molar-refractivity contribution in [3.63, 3.8) is 0 Å². The van der Waals surface area contributed by atoms with Crippen LogP contribution in [0.15, 0.2) is 88.1 Å². The molecule has 0 aliphatic heterocycles. The molecule has 0 atom stereocenters. The Morgan fingerprint density at radius 3 is 2.41 bits per heavy atom. The van der Waals surface area contributed by atoms with Gasteiger partial charge in [-0.15, -0.1) is 0 Å². The molecule has 3 nitrogen and oxygen atoms in total. The van der Waals surface area contributed by atoms with Gasteiger partial charge >= 0.3 is 0 Å². The first-order chi connectivity index (χ1) is 13.2. The molecule has 0 saturated heterocycles. The van der Waals surface area contributed by atoms with E-state index < -0.39 is 0 Å². The van der Waals surface area contributed by atoms with E-state index in [0.717, 1.165) is 21.9 Å². The number of aromatic hydroxyl groups is 1. The molecule has 1 heterocycles. The molecule has 0 fully saturated rings. The summed E-state index contributed by atoms with van der Waals surface area (Å²) in [5.74, 6) is -0.0396. The third-order valence-electron chi connectivity index (χ3n) is 4.96. The first-order valence-electron chi connectivity index (χ1n) is 8.85. The van der Waals surface area contributed by atoms with E-state index >= 15 is 0 Å². The van der Waals surface area contributed by atoms with Crippen LogP contribution >= 0.6 is 0 Å². The van der Waals surface area contributed by atoms with Crippen LogP contribution in [0, 0.1) is 0 Å². The monoisotopic (exact) mass is 352 g/mol. The quantitative estimate of drug-likeness (QED) is 0.342. The van der Waals surface area contributed by atoms with Gasteiger partial charge in [-0.25, -0.2) is 0 Å². The summed E-state index contributed by atoms with van der Waals surface area (Å²) in [6.07, 6.45) is 0.654. The number of benzene rings is 4. The Hall–Kier alpha value is -3.59. The van der Waals surface area contributed by atoms with E-state index in [0.29, 0.717) is 23.0 Å². The standard InChI is InChI=1S/C24H16O3/c25-20-13-16(12-15-6-2-1-3-7-15)14-21-22(20)23(26)19-11-10-17-8-4-5-9-18(17)24(19)27-21/h1-11,13-14,25H,12H2. The van der Waals surface area contributed by atoms with E-state index in [1.807, 2.05) is 66.7 Å². The lowest BCUT2D eigenvalue weighted by molar-refractivity contribution is 0.479. The molecule has 5 aromatic rings. The Morgan fingerprint density at radius 1 is 0.778 bits per heavy atom. The lowest BCUT2D eigenvalue weighted by Gasteiger charge is -2.09. The van der Waals surface area contributed by atoms with Gasteiger partial charge in [-0.3, -0.25) is 4.79 Å². The van der Waals surface area contributed by atoms with E-state index in [1.54, 1.807) is 12.1 Å². The Labute approximate surface area is 155 Å². The van der Waals surface area contributed by atoms with Gasteiger partial charge in [-0.2, -0.15) is 0 Å². The number of fused-ring (bicyclic) bond motifs is 4. The minimum atomic E-state index is -0.208. The topological polar surface area (TPSA) is 50.4 Å². The molecule has 5 rings (SSSR count). The first-order valence-corrected chi connectivity index (χ1v) is 8.85. The molecule has 0 aliphatic carbocycles. The summed E-state index contributed by atoms with van der Waals surface area (Å²) in [7, 11) is 0. The fraction of sp³-hybridized carbons (Fsp3) is 0.0417. The molecule has 1 N–H and O–H groups in total. The van der Waals surface area contributed by atoms with Crippen molar-refractivity contribution in [3.8, 4) is 5.75 Å². The molecule has 0 radical (unpaired) electrons. The summed E-state index contributed by atoms with van der Waals surface area (Å²) in [6, 6.07) is 25.0. The van der Waals surface area contributed by atoms with Crippen molar-refractivity contribution in [1.29, 1.82) is 0 Å². The molecular weight excluding hydrogens is 336 g/mol. The van der Waals surface area contributed by atoms with Crippen LogP contribution in [0.1, 0.15) is 11.1 Å². The molecule has 27 heavy (non-hydrogen) atoms. The van der Waals surface area contributed by atoms with Gasteiger partial charge in [0.1, 0.15) is 22.3 Å². The van der Waals surface area contributed by atoms with Crippen molar-refractivity contribution in [2.24, 2.45) is 0 Å². The highest BCUT2D eigenvalue weighted by Gasteiger charge is 2.15. The molecule has 0 amide bonds. The van der Waals surface area contributed by atoms with Crippen molar-refractivity contribution >= 4 is 32.7 Å². The maximum absolute atomic E-state index is 13.0. The van der Waals surface area contributed by atoms with Crippen LogP contribution in [0.5, 0.6) is 5.75 Å². The maximum Gasteiger partial charge on any atom is 0.204 e. The molecule has 3 heteroatoms. The smallest absolute Gasteiger partial charge is 0.204 e. The summed E-state index contributed by atoms with van der Waals surface area (Å²) in [6.45, 7) is 0. The van der Waals surface area contributed by atoms with Gasteiger partial charge in [-0.05, 0) is 41.1 Å². The van der Waals surface area contributed by atoms with E-state index in [-0.39, 0.29) is 16.6 Å². The average Bonchev–Trinajstić information content (AvgIpc) is 2.68. The molecule has 1 aromatic heterocycles. The van der Waals surface area contributed by atoms with Gasteiger partial charge < -0.3 is 9.52 Å². The molecular formula is C24H16O3. The predicted octanol–water partition coefficient (Wildman–Crippen LogP) is 5.40. The number of hydrogen-bond donors (Lipinski definition) is 1. The molecule has 4 aromatic carbocycles. The normalized spacial score (nSPS) is 11.4. The summed E-state index contributed by atoms with van der Waals surface area (Å²) in [5, 5.41) is 13.1. The van der Waals surface area contributed by atoms with Gasteiger partial charge in [0.25, 0.3) is 0 Å². The van der Waals surface area contributed by atoms with Gasteiger partial charge in [-0.1, -0.05) is 60.7 Å². The van der Waals surface area contributed by atoms with Crippen LogP contribution in [0.3, 0.4) is 0 Å². The summed E-state index contributed by atoms with van der Waals surface area (Å²) < 4.78 is 6.14. The summed E-state index contributed by atoms with van der Waals surface area (Å²) >= 11 is 0. The number of rotatable bonds is 2. The van der Waals surface area contributed by atoms with Crippen LogP contribution in [-0.4, -0.2) is 5.11 Å². The Morgan fingerprint density at radius 2 is 1.56 bits per heavy atom. The van der Waals surface area contributed by atoms with E-state index in [4.69, 9.17) is 4.42 Å². The highest BCUT2D eigenvalue weighted by molar-refractivity contribution is 6.07. The highest BCUT2D eigenvalue weighted by Crippen LogP contribution is 2.31. The third-order valence-corrected chi connectivity index (χ3v) is 4.96. The van der Waals surface area contributed by atoms with Crippen molar-refractivity contribution in [2.75, 3.05) is 0 Å². The largest absolute Gasteiger partial charge is 0.507 e. The fourth-order valence-corrected chi connectivity index (χ4v) is 3.67. The van der Waals surface area contributed by atoms with Gasteiger partial charge in [0.05, 0.1) is 5.39 Å². The van der Waals surface area contributed by atoms with E-state index in [9.17, 15) is 9.90 Å². The van der Waals surface area contributed by atoms with Crippen LogP contribution in [0.4, 0.5) is 0 Å². The average molecular weight is 352 g/mol. The van der Waals surface area contributed by atoms with Crippen LogP contribution in [-0.2, 0) is 6.42 Å². The fourth-order valence-electron chi connectivity index (χ4n) is 3.67. The van der Waals surface area contributed by atoms with Crippen molar-refractivity contribution in [3.05, 3.63) is 100 Å². The Balaban J connectivity index is 1.80. The van der Waals surface area contributed by atoms with Gasteiger partial charge in [0.2, 0.25) is 5.43 Å². The maximum atomic E-state index is 13.0. The molecule has 0 spiro atoms.